The third-order valence-electron chi connectivity index (χ3n) is 4.78. The van der Waals surface area contributed by atoms with Crippen molar-refractivity contribution in [3.8, 4) is 0 Å². The van der Waals surface area contributed by atoms with E-state index in [-0.39, 0.29) is 36.6 Å². The molecule has 2 saturated carbocycles. The molecule has 0 aliphatic heterocycles. The van der Waals surface area contributed by atoms with Crippen molar-refractivity contribution in [3.63, 3.8) is 0 Å². The van der Waals surface area contributed by atoms with E-state index < -0.39 is 12.1 Å². The second kappa shape index (κ2) is 6.33. The van der Waals surface area contributed by atoms with Crippen LogP contribution in [0.1, 0.15) is 44.9 Å². The number of nitrogens with one attached hydrogen (secondary N) is 1. The molecule has 2 aliphatic carbocycles. The number of hydrogen-bond acceptors (Lipinski definition) is 2. The van der Waals surface area contributed by atoms with Crippen LogP contribution in [-0.4, -0.2) is 24.7 Å². The van der Waals surface area contributed by atoms with E-state index in [0.717, 1.165) is 19.3 Å². The van der Waals surface area contributed by atoms with Crippen molar-refractivity contribution < 1.29 is 18.0 Å². The van der Waals surface area contributed by atoms with Gasteiger partial charge in [-0.2, -0.15) is 13.2 Å². The van der Waals surface area contributed by atoms with Gasteiger partial charge in [-0.25, -0.2) is 0 Å². The molecule has 0 bridgehead atoms. The second-order valence-corrected chi connectivity index (χ2v) is 6.14. The van der Waals surface area contributed by atoms with Gasteiger partial charge in [-0.3, -0.25) is 4.79 Å². The van der Waals surface area contributed by atoms with Crippen LogP contribution in [0.25, 0.3) is 0 Å². The standard InChI is InChI=1S/C14H23F3N2O/c15-14(16,17)10-4-2-5-11(7-10)19-13(20)12-6-1-3-9(12)8-18/h9-12H,1-8,18H2,(H,19,20)/t9-,10?,11?,12-/m1/s1. The molecule has 116 valence electrons. The highest BCUT2D eigenvalue weighted by molar-refractivity contribution is 5.79. The molecule has 2 unspecified atom stereocenters. The first-order valence-electron chi connectivity index (χ1n) is 7.49. The monoisotopic (exact) mass is 292 g/mol. The number of alkyl halides is 3. The largest absolute Gasteiger partial charge is 0.391 e. The van der Waals surface area contributed by atoms with E-state index in [1.54, 1.807) is 0 Å². The first-order chi connectivity index (χ1) is 9.41. The van der Waals surface area contributed by atoms with E-state index in [4.69, 9.17) is 5.73 Å². The van der Waals surface area contributed by atoms with Crippen LogP contribution in [0.5, 0.6) is 0 Å². The zero-order valence-electron chi connectivity index (χ0n) is 11.6. The van der Waals surface area contributed by atoms with Crippen molar-refractivity contribution >= 4 is 5.91 Å². The molecule has 0 radical (unpaired) electrons. The van der Waals surface area contributed by atoms with Crippen LogP contribution in [-0.2, 0) is 4.79 Å². The highest BCUT2D eigenvalue weighted by Crippen LogP contribution is 2.38. The minimum atomic E-state index is -4.14. The number of carbonyl (C=O) groups excluding carboxylic acids is 1. The Kier molecular flexibility index (Phi) is 4.94. The van der Waals surface area contributed by atoms with Crippen molar-refractivity contribution in [1.29, 1.82) is 0 Å². The van der Waals surface area contributed by atoms with E-state index >= 15 is 0 Å². The lowest BCUT2D eigenvalue weighted by Gasteiger charge is -2.32. The maximum absolute atomic E-state index is 12.7. The van der Waals surface area contributed by atoms with Crippen LogP contribution in [0.2, 0.25) is 0 Å². The number of rotatable bonds is 3. The summed E-state index contributed by atoms with van der Waals surface area (Å²) in [6.45, 7) is 0.480. The Morgan fingerprint density at radius 1 is 1.15 bits per heavy atom. The highest BCUT2D eigenvalue weighted by Gasteiger charge is 2.43. The molecule has 2 rings (SSSR count). The molecule has 2 aliphatic rings. The van der Waals surface area contributed by atoms with E-state index in [1.165, 1.54) is 0 Å². The fraction of sp³-hybridized carbons (Fsp3) is 0.929. The minimum Gasteiger partial charge on any atom is -0.353 e. The average Bonchev–Trinajstić information content (AvgIpc) is 2.86. The Morgan fingerprint density at radius 2 is 1.85 bits per heavy atom. The lowest BCUT2D eigenvalue weighted by atomic mass is 9.84. The number of hydrogen-bond donors (Lipinski definition) is 2. The molecule has 0 heterocycles. The maximum atomic E-state index is 12.7. The third-order valence-corrected chi connectivity index (χ3v) is 4.78. The van der Waals surface area contributed by atoms with Gasteiger partial charge in [0.25, 0.3) is 0 Å². The molecule has 0 aromatic rings. The van der Waals surface area contributed by atoms with Gasteiger partial charge in [0.15, 0.2) is 0 Å². The number of halogens is 3. The van der Waals surface area contributed by atoms with Crippen molar-refractivity contribution in [1.82, 2.24) is 5.32 Å². The van der Waals surface area contributed by atoms with Gasteiger partial charge in [-0.15, -0.1) is 0 Å². The molecule has 3 N–H and O–H groups in total. The number of nitrogens with two attached hydrogens (primary N) is 1. The molecule has 0 aromatic carbocycles. The summed E-state index contributed by atoms with van der Waals surface area (Å²) >= 11 is 0. The Bertz CT molecular complexity index is 346. The summed E-state index contributed by atoms with van der Waals surface area (Å²) in [5.74, 6) is -1.27. The van der Waals surface area contributed by atoms with Gasteiger partial charge in [0.05, 0.1) is 5.92 Å². The Balaban J connectivity index is 1.88. The zero-order chi connectivity index (χ0) is 14.8. The number of carbonyl (C=O) groups is 1. The van der Waals surface area contributed by atoms with Crippen molar-refractivity contribution in [2.75, 3.05) is 6.54 Å². The van der Waals surface area contributed by atoms with Crippen LogP contribution >= 0.6 is 0 Å². The molecule has 0 saturated heterocycles. The quantitative estimate of drug-likeness (QED) is 0.840. The first-order valence-corrected chi connectivity index (χ1v) is 7.49. The normalized spacial score (nSPS) is 35.0. The van der Waals surface area contributed by atoms with Gasteiger partial charge in [0.1, 0.15) is 0 Å². The van der Waals surface area contributed by atoms with Crippen LogP contribution in [0.3, 0.4) is 0 Å². The molecule has 4 atom stereocenters. The fourth-order valence-corrected chi connectivity index (χ4v) is 3.59. The van der Waals surface area contributed by atoms with Gasteiger partial charge < -0.3 is 11.1 Å². The summed E-state index contributed by atoms with van der Waals surface area (Å²) < 4.78 is 38.2. The molecule has 0 spiro atoms. The molecule has 1 amide bonds. The highest BCUT2D eigenvalue weighted by atomic mass is 19.4. The molecule has 2 fully saturated rings. The van der Waals surface area contributed by atoms with Gasteiger partial charge in [0.2, 0.25) is 5.91 Å². The van der Waals surface area contributed by atoms with Crippen LogP contribution in [0, 0.1) is 17.8 Å². The van der Waals surface area contributed by atoms with Gasteiger partial charge in [0, 0.05) is 12.0 Å². The summed E-state index contributed by atoms with van der Waals surface area (Å²) in [4.78, 5) is 12.2. The van der Waals surface area contributed by atoms with Gasteiger partial charge in [-0.05, 0) is 44.6 Å². The average molecular weight is 292 g/mol. The molecule has 0 aromatic heterocycles. The molecular formula is C14H23F3N2O. The predicted molar refractivity (Wildman–Crippen MR) is 69.8 cm³/mol. The third kappa shape index (κ3) is 3.65. The van der Waals surface area contributed by atoms with Crippen LogP contribution in [0.4, 0.5) is 13.2 Å². The summed E-state index contributed by atoms with van der Waals surface area (Å²) in [7, 11) is 0. The fourth-order valence-electron chi connectivity index (χ4n) is 3.59. The summed E-state index contributed by atoms with van der Waals surface area (Å²) in [5, 5.41) is 2.83. The maximum Gasteiger partial charge on any atom is 0.391 e. The summed E-state index contributed by atoms with van der Waals surface area (Å²) in [6.07, 6.45) is -0.0156. The van der Waals surface area contributed by atoms with Crippen LogP contribution < -0.4 is 11.1 Å². The predicted octanol–water partition coefficient (Wildman–Crippen LogP) is 2.60. The Labute approximate surface area is 117 Å². The van der Waals surface area contributed by atoms with E-state index in [1.807, 2.05) is 0 Å². The first kappa shape index (κ1) is 15.6. The lowest BCUT2D eigenvalue weighted by Crippen LogP contribution is -2.45. The molecule has 20 heavy (non-hydrogen) atoms. The smallest absolute Gasteiger partial charge is 0.353 e. The number of amides is 1. The molecular weight excluding hydrogens is 269 g/mol. The van der Waals surface area contributed by atoms with Crippen LogP contribution in [0.15, 0.2) is 0 Å². The lowest BCUT2D eigenvalue weighted by molar-refractivity contribution is -0.184. The van der Waals surface area contributed by atoms with Crippen molar-refractivity contribution in [2.24, 2.45) is 23.5 Å². The SMILES string of the molecule is NC[C@H]1CCC[C@H]1C(=O)NC1CCCC(C(F)(F)F)C1. The molecule has 6 heteroatoms. The second-order valence-electron chi connectivity index (χ2n) is 6.14. The van der Waals surface area contributed by atoms with Crippen molar-refractivity contribution in [2.45, 2.75) is 57.2 Å². The van der Waals surface area contributed by atoms with E-state index in [9.17, 15) is 18.0 Å². The summed E-state index contributed by atoms with van der Waals surface area (Å²) in [6, 6.07) is -0.332. The Morgan fingerprint density at radius 3 is 2.50 bits per heavy atom. The topological polar surface area (TPSA) is 55.1 Å². The van der Waals surface area contributed by atoms with Gasteiger partial charge in [-0.1, -0.05) is 12.8 Å². The van der Waals surface area contributed by atoms with E-state index in [0.29, 0.717) is 19.4 Å². The minimum absolute atomic E-state index is 0.0231. The molecule has 3 nitrogen and oxygen atoms in total. The van der Waals surface area contributed by atoms with Gasteiger partial charge >= 0.3 is 6.18 Å². The van der Waals surface area contributed by atoms with E-state index in [2.05, 4.69) is 5.32 Å². The Hall–Kier alpha value is -0.780. The summed E-state index contributed by atoms with van der Waals surface area (Å²) in [5.41, 5.74) is 5.65. The zero-order valence-corrected chi connectivity index (χ0v) is 11.6. The van der Waals surface area contributed by atoms with Crippen molar-refractivity contribution in [3.05, 3.63) is 0 Å².